The highest BCUT2D eigenvalue weighted by atomic mass is 16.5. The van der Waals surface area contributed by atoms with Gasteiger partial charge in [-0.3, -0.25) is 4.79 Å². The highest BCUT2D eigenvalue weighted by molar-refractivity contribution is 5.85. The van der Waals surface area contributed by atoms with E-state index < -0.39 is 24.2 Å². The van der Waals surface area contributed by atoms with E-state index in [2.05, 4.69) is 34.9 Å². The minimum Gasteiger partial charge on any atom is -0.480 e. The molecule has 0 saturated heterocycles. The van der Waals surface area contributed by atoms with E-state index in [1.807, 2.05) is 24.3 Å². The van der Waals surface area contributed by atoms with Gasteiger partial charge in [0.15, 0.2) is 6.04 Å². The summed E-state index contributed by atoms with van der Waals surface area (Å²) in [6.07, 6.45) is 1.41. The number of alkyl carbamates (subject to hydrolysis) is 1. The number of carbonyl (C=O) groups excluding carboxylic acids is 2. The molecule has 0 bridgehead atoms. The number of amides is 2. The zero-order chi connectivity index (χ0) is 24.9. The van der Waals surface area contributed by atoms with Crippen LogP contribution in [0.1, 0.15) is 49.7 Å². The van der Waals surface area contributed by atoms with Crippen molar-refractivity contribution in [2.45, 2.75) is 56.7 Å². The molecular formula is C27H32N2O6. The number of nitrogens with one attached hydrogen (secondary N) is 2. The maximum Gasteiger partial charge on any atom is 0.407 e. The number of carboxylic acid groups (broad SMARTS) is 1. The van der Waals surface area contributed by atoms with Crippen molar-refractivity contribution < 1.29 is 29.0 Å². The number of hydrogen-bond donors (Lipinski definition) is 3. The molecule has 0 radical (unpaired) electrons. The maximum absolute atomic E-state index is 12.7. The summed E-state index contributed by atoms with van der Waals surface area (Å²) in [5.74, 6) is -1.88. The summed E-state index contributed by atoms with van der Waals surface area (Å²) in [6, 6.07) is 15.0. The molecule has 2 unspecified atom stereocenters. The molecule has 186 valence electrons. The summed E-state index contributed by atoms with van der Waals surface area (Å²) < 4.78 is 10.7. The number of hydrogen-bond acceptors (Lipinski definition) is 5. The van der Waals surface area contributed by atoms with Crippen molar-refractivity contribution in [2.75, 3.05) is 13.7 Å². The second-order valence-corrected chi connectivity index (χ2v) is 9.30. The number of ether oxygens (including phenoxy) is 2. The molecule has 0 spiro atoms. The first kappa shape index (κ1) is 24.7. The lowest BCUT2D eigenvalue weighted by Crippen LogP contribution is -2.51. The van der Waals surface area contributed by atoms with Crippen LogP contribution in [0.15, 0.2) is 48.5 Å². The Morgan fingerprint density at radius 2 is 1.66 bits per heavy atom. The fourth-order valence-corrected chi connectivity index (χ4v) is 5.15. The number of benzene rings is 2. The van der Waals surface area contributed by atoms with Crippen LogP contribution in [0.25, 0.3) is 11.1 Å². The Morgan fingerprint density at radius 1 is 1.03 bits per heavy atom. The van der Waals surface area contributed by atoms with Gasteiger partial charge in [0, 0.05) is 25.0 Å². The molecule has 2 amide bonds. The largest absolute Gasteiger partial charge is 0.480 e. The number of carboxylic acids is 1. The predicted molar refractivity (Wildman–Crippen MR) is 130 cm³/mol. The SMILES string of the molecule is COC(C)C(NC(=O)[C@@H]1CCC[C@@H](NC(=O)OCC2c3ccccc3-c3ccccc32)C1)C(=O)O. The van der Waals surface area contributed by atoms with Crippen molar-refractivity contribution in [2.24, 2.45) is 5.92 Å². The van der Waals surface area contributed by atoms with E-state index in [1.165, 1.54) is 18.2 Å². The van der Waals surface area contributed by atoms with Crippen LogP contribution in [-0.2, 0) is 19.1 Å². The molecule has 1 fully saturated rings. The van der Waals surface area contributed by atoms with Crippen LogP contribution >= 0.6 is 0 Å². The van der Waals surface area contributed by atoms with E-state index in [0.717, 1.165) is 24.0 Å². The van der Waals surface area contributed by atoms with E-state index in [0.29, 0.717) is 12.8 Å². The molecule has 35 heavy (non-hydrogen) atoms. The van der Waals surface area contributed by atoms with Crippen LogP contribution in [-0.4, -0.2) is 55.0 Å². The number of methoxy groups -OCH3 is 1. The van der Waals surface area contributed by atoms with Gasteiger partial charge >= 0.3 is 12.1 Å². The molecule has 4 atom stereocenters. The van der Waals surface area contributed by atoms with Crippen molar-refractivity contribution in [1.82, 2.24) is 10.6 Å². The summed E-state index contributed by atoms with van der Waals surface area (Å²) in [7, 11) is 1.40. The quantitative estimate of drug-likeness (QED) is 0.531. The van der Waals surface area contributed by atoms with Crippen LogP contribution in [0.4, 0.5) is 4.79 Å². The molecule has 2 aliphatic rings. The Balaban J connectivity index is 1.32. The Labute approximate surface area is 205 Å². The molecular weight excluding hydrogens is 448 g/mol. The smallest absolute Gasteiger partial charge is 0.407 e. The fraction of sp³-hybridized carbons (Fsp3) is 0.444. The summed E-state index contributed by atoms with van der Waals surface area (Å²) in [4.78, 5) is 36.9. The van der Waals surface area contributed by atoms with Crippen molar-refractivity contribution in [3.63, 3.8) is 0 Å². The van der Waals surface area contributed by atoms with Crippen molar-refractivity contribution >= 4 is 18.0 Å². The van der Waals surface area contributed by atoms with E-state index in [1.54, 1.807) is 6.92 Å². The lowest BCUT2D eigenvalue weighted by Gasteiger charge is -2.30. The molecule has 4 rings (SSSR count). The molecule has 0 heterocycles. The number of fused-ring (bicyclic) bond motifs is 3. The Hall–Kier alpha value is -3.39. The van der Waals surface area contributed by atoms with Gasteiger partial charge in [0.1, 0.15) is 6.61 Å². The predicted octanol–water partition coefficient (Wildman–Crippen LogP) is 3.69. The normalized spacial score (nSPS) is 20.7. The van der Waals surface area contributed by atoms with Gasteiger partial charge in [-0.05, 0) is 48.4 Å². The molecule has 2 aromatic rings. The van der Waals surface area contributed by atoms with Gasteiger partial charge in [0.2, 0.25) is 5.91 Å². The minimum atomic E-state index is -1.14. The molecule has 2 aromatic carbocycles. The second kappa shape index (κ2) is 10.9. The van der Waals surface area contributed by atoms with Crippen LogP contribution in [0.5, 0.6) is 0 Å². The highest BCUT2D eigenvalue weighted by Gasteiger charge is 2.34. The minimum absolute atomic E-state index is 0.0197. The summed E-state index contributed by atoms with van der Waals surface area (Å²) >= 11 is 0. The molecule has 0 aromatic heterocycles. The first-order chi connectivity index (χ1) is 16.9. The van der Waals surface area contributed by atoms with E-state index in [4.69, 9.17) is 9.47 Å². The fourth-order valence-electron chi connectivity index (χ4n) is 5.15. The maximum atomic E-state index is 12.7. The van der Waals surface area contributed by atoms with E-state index in [-0.39, 0.29) is 30.4 Å². The van der Waals surface area contributed by atoms with Gasteiger partial charge in [0.25, 0.3) is 0 Å². The monoisotopic (exact) mass is 480 g/mol. The van der Waals surface area contributed by atoms with Gasteiger partial charge in [-0.25, -0.2) is 9.59 Å². The van der Waals surface area contributed by atoms with Crippen molar-refractivity contribution in [3.8, 4) is 11.1 Å². The van der Waals surface area contributed by atoms with Crippen LogP contribution in [0.3, 0.4) is 0 Å². The van der Waals surface area contributed by atoms with Gasteiger partial charge in [-0.2, -0.15) is 0 Å². The number of aliphatic carboxylic acids is 1. The van der Waals surface area contributed by atoms with Crippen molar-refractivity contribution in [1.29, 1.82) is 0 Å². The van der Waals surface area contributed by atoms with Crippen LogP contribution in [0.2, 0.25) is 0 Å². The Kier molecular flexibility index (Phi) is 7.70. The molecule has 1 saturated carbocycles. The Bertz CT molecular complexity index is 1040. The topological polar surface area (TPSA) is 114 Å². The average Bonchev–Trinajstić information content (AvgIpc) is 3.19. The number of rotatable bonds is 8. The molecule has 2 aliphatic carbocycles. The van der Waals surface area contributed by atoms with Gasteiger partial charge in [-0.15, -0.1) is 0 Å². The number of carbonyl (C=O) groups is 3. The molecule has 3 N–H and O–H groups in total. The second-order valence-electron chi connectivity index (χ2n) is 9.30. The summed E-state index contributed by atoms with van der Waals surface area (Å²) in [5.41, 5.74) is 4.63. The lowest BCUT2D eigenvalue weighted by atomic mass is 9.85. The summed E-state index contributed by atoms with van der Waals surface area (Å²) in [5, 5.41) is 14.9. The van der Waals surface area contributed by atoms with Gasteiger partial charge in [0.05, 0.1) is 6.10 Å². The summed E-state index contributed by atoms with van der Waals surface area (Å²) in [6.45, 7) is 1.83. The third-order valence-corrected chi connectivity index (χ3v) is 7.12. The first-order valence-electron chi connectivity index (χ1n) is 12.1. The lowest BCUT2D eigenvalue weighted by molar-refractivity contribution is -0.146. The first-order valence-corrected chi connectivity index (χ1v) is 12.1. The standard InChI is InChI=1S/C27H32N2O6/c1-16(34-2)24(26(31)32)29-25(30)17-8-7-9-18(14-17)28-27(33)35-15-23-21-12-5-3-10-19(21)20-11-4-6-13-22(20)23/h3-6,10-13,16-18,23-24H,7-9,14-15H2,1-2H3,(H,28,33)(H,29,30)(H,31,32)/t16?,17-,18-,24?/m1/s1. The molecule has 8 heteroatoms. The zero-order valence-electron chi connectivity index (χ0n) is 20.0. The van der Waals surface area contributed by atoms with Crippen LogP contribution in [0, 0.1) is 5.92 Å². The Morgan fingerprint density at radius 3 is 2.26 bits per heavy atom. The highest BCUT2D eigenvalue weighted by Crippen LogP contribution is 2.44. The average molecular weight is 481 g/mol. The van der Waals surface area contributed by atoms with Crippen LogP contribution < -0.4 is 10.6 Å². The van der Waals surface area contributed by atoms with Crippen molar-refractivity contribution in [3.05, 3.63) is 59.7 Å². The molecule has 0 aliphatic heterocycles. The third kappa shape index (κ3) is 5.48. The molecule has 8 nitrogen and oxygen atoms in total. The van der Waals surface area contributed by atoms with E-state index >= 15 is 0 Å². The zero-order valence-corrected chi connectivity index (χ0v) is 20.0. The van der Waals surface area contributed by atoms with Gasteiger partial charge in [-0.1, -0.05) is 55.0 Å². The van der Waals surface area contributed by atoms with Gasteiger partial charge < -0.3 is 25.2 Å². The van der Waals surface area contributed by atoms with E-state index in [9.17, 15) is 19.5 Å². The third-order valence-electron chi connectivity index (χ3n) is 7.12.